The molecule has 86 valence electrons. The molecule has 2 rings (SSSR count). The third-order valence-corrected chi connectivity index (χ3v) is 4.14. The van der Waals surface area contributed by atoms with Gasteiger partial charge in [-0.3, -0.25) is 9.69 Å². The van der Waals surface area contributed by atoms with Crippen LogP contribution in [0.4, 0.5) is 0 Å². The van der Waals surface area contributed by atoms with Crippen molar-refractivity contribution in [2.45, 2.75) is 57.9 Å². The van der Waals surface area contributed by atoms with Gasteiger partial charge in [-0.2, -0.15) is 0 Å². The highest BCUT2D eigenvalue weighted by Gasteiger charge is 2.35. The van der Waals surface area contributed by atoms with E-state index in [9.17, 15) is 4.79 Å². The summed E-state index contributed by atoms with van der Waals surface area (Å²) in [5.74, 6) is 0.920. The van der Waals surface area contributed by atoms with E-state index in [0.717, 1.165) is 25.8 Å². The summed E-state index contributed by atoms with van der Waals surface area (Å²) < 4.78 is 0. The lowest BCUT2D eigenvalue weighted by Crippen LogP contribution is -2.41. The number of likely N-dealkylation sites (tertiary alicyclic amines) is 1. The number of Topliss-reactive ketones (excluding diaryl/α,β-unsaturated/α-hetero) is 1. The van der Waals surface area contributed by atoms with Gasteiger partial charge in [0.25, 0.3) is 0 Å². The van der Waals surface area contributed by atoms with E-state index in [1.54, 1.807) is 0 Å². The Balaban J connectivity index is 2.05. The zero-order chi connectivity index (χ0) is 10.7. The number of rotatable bonds is 2. The molecule has 0 amide bonds. The second kappa shape index (κ2) is 5.11. The van der Waals surface area contributed by atoms with Gasteiger partial charge in [-0.15, -0.1) is 0 Å². The van der Waals surface area contributed by atoms with E-state index >= 15 is 0 Å². The molecule has 0 aromatic rings. The fraction of sp³-hybridized carbons (Fsp3) is 0.923. The molecule has 1 saturated heterocycles. The molecule has 2 fully saturated rings. The van der Waals surface area contributed by atoms with Crippen LogP contribution in [0.15, 0.2) is 0 Å². The molecule has 0 bridgehead atoms. The predicted molar refractivity (Wildman–Crippen MR) is 61.9 cm³/mol. The van der Waals surface area contributed by atoms with Crippen molar-refractivity contribution in [2.75, 3.05) is 13.1 Å². The van der Waals surface area contributed by atoms with E-state index < -0.39 is 0 Å². The van der Waals surface area contributed by atoms with Crippen LogP contribution in [0.2, 0.25) is 0 Å². The summed E-state index contributed by atoms with van der Waals surface area (Å²) >= 11 is 0. The summed E-state index contributed by atoms with van der Waals surface area (Å²) in [5, 5.41) is 0. The van der Waals surface area contributed by atoms with Gasteiger partial charge >= 0.3 is 0 Å². The summed E-state index contributed by atoms with van der Waals surface area (Å²) in [5.41, 5.74) is 0. The van der Waals surface area contributed by atoms with Crippen molar-refractivity contribution in [1.82, 2.24) is 4.90 Å². The molecule has 1 aliphatic heterocycles. The molecule has 15 heavy (non-hydrogen) atoms. The molecule has 0 unspecified atom stereocenters. The third-order valence-electron chi connectivity index (χ3n) is 4.14. The Bertz CT molecular complexity index is 227. The molecule has 0 radical (unpaired) electrons. The molecule has 2 aliphatic rings. The van der Waals surface area contributed by atoms with Crippen LogP contribution in [0.1, 0.15) is 51.9 Å². The Hall–Kier alpha value is -0.370. The van der Waals surface area contributed by atoms with Gasteiger partial charge < -0.3 is 0 Å². The highest BCUT2D eigenvalue weighted by atomic mass is 16.1. The Morgan fingerprint density at radius 1 is 1.20 bits per heavy atom. The Kier molecular flexibility index (Phi) is 3.79. The molecule has 0 spiro atoms. The first-order valence-electron chi connectivity index (χ1n) is 6.59. The number of carbonyl (C=O) groups excluding carboxylic acids is 1. The van der Waals surface area contributed by atoms with E-state index in [4.69, 9.17) is 0 Å². The van der Waals surface area contributed by atoms with Gasteiger partial charge in [-0.25, -0.2) is 0 Å². The van der Waals surface area contributed by atoms with Crippen molar-refractivity contribution in [3.05, 3.63) is 0 Å². The van der Waals surface area contributed by atoms with Crippen molar-refractivity contribution >= 4 is 5.78 Å². The first-order valence-corrected chi connectivity index (χ1v) is 6.59. The lowest BCUT2D eigenvalue weighted by molar-refractivity contribution is -0.122. The van der Waals surface area contributed by atoms with Gasteiger partial charge in [-0.05, 0) is 38.8 Å². The largest absolute Gasteiger partial charge is 0.300 e. The predicted octanol–water partition coefficient (Wildman–Crippen LogP) is 2.62. The number of hydrogen-bond acceptors (Lipinski definition) is 2. The van der Waals surface area contributed by atoms with Crippen LogP contribution < -0.4 is 0 Å². The zero-order valence-corrected chi connectivity index (χ0v) is 9.87. The van der Waals surface area contributed by atoms with Gasteiger partial charge in [0.15, 0.2) is 0 Å². The van der Waals surface area contributed by atoms with Crippen LogP contribution in [0, 0.1) is 5.92 Å². The normalized spacial score (nSPS) is 34.3. The summed E-state index contributed by atoms with van der Waals surface area (Å²) in [4.78, 5) is 14.4. The van der Waals surface area contributed by atoms with Crippen LogP contribution >= 0.6 is 0 Å². The van der Waals surface area contributed by atoms with Crippen molar-refractivity contribution in [1.29, 1.82) is 0 Å². The van der Waals surface area contributed by atoms with E-state index in [-0.39, 0.29) is 0 Å². The van der Waals surface area contributed by atoms with Gasteiger partial charge in [0.2, 0.25) is 0 Å². The minimum absolute atomic E-state index is 0.378. The Morgan fingerprint density at radius 2 is 2.07 bits per heavy atom. The molecule has 2 nitrogen and oxygen atoms in total. The van der Waals surface area contributed by atoms with Crippen molar-refractivity contribution < 1.29 is 4.79 Å². The quantitative estimate of drug-likeness (QED) is 0.697. The van der Waals surface area contributed by atoms with Crippen molar-refractivity contribution in [3.8, 4) is 0 Å². The van der Waals surface area contributed by atoms with E-state index in [1.807, 2.05) is 0 Å². The van der Waals surface area contributed by atoms with Crippen LogP contribution in [0.25, 0.3) is 0 Å². The maximum atomic E-state index is 11.8. The maximum Gasteiger partial charge on any atom is 0.137 e. The van der Waals surface area contributed by atoms with Gasteiger partial charge in [0, 0.05) is 18.4 Å². The Labute approximate surface area is 93.0 Å². The zero-order valence-electron chi connectivity index (χ0n) is 9.87. The number of ketones is 1. The monoisotopic (exact) mass is 209 g/mol. The number of hydrogen-bond donors (Lipinski definition) is 0. The van der Waals surface area contributed by atoms with Crippen LogP contribution in [0.5, 0.6) is 0 Å². The van der Waals surface area contributed by atoms with Crippen LogP contribution in [-0.4, -0.2) is 29.8 Å². The maximum absolute atomic E-state index is 11.8. The standard InChI is InChI=1S/C13H23NO/c1-2-14-10-5-3-4-8-12(14)11-7-6-9-13(11)15/h11-12H,2-10H2,1H3/t11-,12+/m0/s1. The molecule has 0 aromatic carbocycles. The topological polar surface area (TPSA) is 20.3 Å². The second-order valence-corrected chi connectivity index (χ2v) is 5.01. The van der Waals surface area contributed by atoms with Crippen molar-refractivity contribution in [2.24, 2.45) is 5.92 Å². The molecule has 1 heterocycles. The van der Waals surface area contributed by atoms with Gasteiger partial charge in [0.1, 0.15) is 5.78 Å². The average molecular weight is 209 g/mol. The molecule has 1 aliphatic carbocycles. The van der Waals surface area contributed by atoms with Gasteiger partial charge in [-0.1, -0.05) is 19.8 Å². The number of carbonyl (C=O) groups is 1. The lowest BCUT2D eigenvalue weighted by Gasteiger charge is -2.32. The summed E-state index contributed by atoms with van der Waals surface area (Å²) in [6.07, 6.45) is 8.39. The summed E-state index contributed by atoms with van der Waals surface area (Å²) in [6, 6.07) is 0.576. The minimum Gasteiger partial charge on any atom is -0.300 e. The molecular formula is C13H23NO. The molecule has 0 aromatic heterocycles. The highest BCUT2D eigenvalue weighted by molar-refractivity contribution is 5.83. The fourth-order valence-electron chi connectivity index (χ4n) is 3.29. The Morgan fingerprint density at radius 3 is 2.73 bits per heavy atom. The molecular weight excluding hydrogens is 186 g/mol. The van der Waals surface area contributed by atoms with Crippen LogP contribution in [-0.2, 0) is 4.79 Å². The van der Waals surface area contributed by atoms with E-state index in [2.05, 4.69) is 11.8 Å². The fourth-order valence-corrected chi connectivity index (χ4v) is 3.29. The summed E-state index contributed by atoms with van der Waals surface area (Å²) in [6.45, 7) is 4.57. The first kappa shape index (κ1) is 11.1. The summed E-state index contributed by atoms with van der Waals surface area (Å²) in [7, 11) is 0. The lowest BCUT2D eigenvalue weighted by atomic mass is 9.92. The molecule has 1 saturated carbocycles. The number of nitrogens with zero attached hydrogens (tertiary/aromatic N) is 1. The van der Waals surface area contributed by atoms with Crippen LogP contribution in [0.3, 0.4) is 0 Å². The first-order chi connectivity index (χ1) is 7.33. The second-order valence-electron chi connectivity index (χ2n) is 5.01. The highest BCUT2D eigenvalue weighted by Crippen LogP contribution is 2.31. The molecule has 2 atom stereocenters. The molecule has 0 N–H and O–H groups in total. The average Bonchev–Trinajstić information content (AvgIpc) is 2.54. The van der Waals surface area contributed by atoms with Gasteiger partial charge in [0.05, 0.1) is 0 Å². The van der Waals surface area contributed by atoms with Crippen molar-refractivity contribution in [3.63, 3.8) is 0 Å². The minimum atomic E-state index is 0.378. The molecule has 2 heteroatoms. The third kappa shape index (κ3) is 2.41. The SMILES string of the molecule is CCN1CCCCC[C@@H]1[C@@H]1CCCC1=O. The van der Waals surface area contributed by atoms with E-state index in [1.165, 1.54) is 32.2 Å². The smallest absolute Gasteiger partial charge is 0.137 e. The van der Waals surface area contributed by atoms with E-state index in [0.29, 0.717) is 17.7 Å².